The van der Waals surface area contributed by atoms with E-state index in [1.54, 1.807) is 28.3 Å². The smallest absolute Gasteiger partial charge is 0.272 e. The second kappa shape index (κ2) is 7.31. The van der Waals surface area contributed by atoms with Crippen molar-refractivity contribution < 1.29 is 4.79 Å². The van der Waals surface area contributed by atoms with Gasteiger partial charge in [0.2, 0.25) is 0 Å². The summed E-state index contributed by atoms with van der Waals surface area (Å²) in [6, 6.07) is 8.24. The molecule has 0 aliphatic carbocycles. The van der Waals surface area contributed by atoms with Crippen molar-refractivity contribution in [2.24, 2.45) is 0 Å². The lowest BCUT2D eigenvalue weighted by Crippen LogP contribution is -2.49. The third kappa shape index (κ3) is 3.32. The standard InChI is InChI=1S/C20H25N5OS/c1-4-25-16(8-9-21-25)19(26)23-10-12-24(13-11-23)20-22-18-15(14(2)3)6-5-7-17(18)27-20/h5-9,14H,4,10-13H2,1-3H3. The number of hydrogen-bond acceptors (Lipinski definition) is 5. The maximum atomic E-state index is 12.8. The average Bonchev–Trinajstić information content (AvgIpc) is 3.33. The molecule has 1 amide bonds. The summed E-state index contributed by atoms with van der Waals surface area (Å²) in [5.41, 5.74) is 3.10. The summed E-state index contributed by atoms with van der Waals surface area (Å²) < 4.78 is 3.00. The second-order valence-corrected chi connectivity index (χ2v) is 8.17. The topological polar surface area (TPSA) is 54.3 Å². The number of thiazole rings is 1. The van der Waals surface area contributed by atoms with Gasteiger partial charge in [-0.1, -0.05) is 37.3 Å². The Kier molecular flexibility index (Phi) is 4.86. The summed E-state index contributed by atoms with van der Waals surface area (Å²) in [6.07, 6.45) is 1.69. The van der Waals surface area contributed by atoms with Crippen LogP contribution in [-0.4, -0.2) is 51.8 Å². The number of amides is 1. The number of aromatic nitrogens is 3. The molecule has 3 heterocycles. The molecule has 142 valence electrons. The van der Waals surface area contributed by atoms with E-state index >= 15 is 0 Å². The minimum atomic E-state index is 0.0698. The van der Waals surface area contributed by atoms with Crippen LogP contribution in [0.4, 0.5) is 5.13 Å². The maximum Gasteiger partial charge on any atom is 0.272 e. The molecule has 4 rings (SSSR count). The van der Waals surface area contributed by atoms with Crippen LogP contribution < -0.4 is 4.90 Å². The van der Waals surface area contributed by atoms with Gasteiger partial charge in [0.25, 0.3) is 5.91 Å². The number of benzene rings is 1. The van der Waals surface area contributed by atoms with E-state index in [9.17, 15) is 4.79 Å². The summed E-state index contributed by atoms with van der Waals surface area (Å²) in [5, 5.41) is 5.27. The predicted octanol–water partition coefficient (Wildman–Crippen LogP) is 3.60. The SMILES string of the molecule is CCn1nccc1C(=O)N1CCN(c2nc3c(C(C)C)cccc3s2)CC1. The average molecular weight is 384 g/mol. The van der Waals surface area contributed by atoms with Gasteiger partial charge in [0, 0.05) is 38.9 Å². The van der Waals surface area contributed by atoms with Crippen molar-refractivity contribution in [3.8, 4) is 0 Å². The van der Waals surface area contributed by atoms with Crippen LogP contribution in [0.2, 0.25) is 0 Å². The number of aryl methyl sites for hydroxylation is 1. The van der Waals surface area contributed by atoms with Crippen LogP contribution in [0.15, 0.2) is 30.5 Å². The monoisotopic (exact) mass is 383 g/mol. The van der Waals surface area contributed by atoms with E-state index < -0.39 is 0 Å². The Bertz CT molecular complexity index is 952. The van der Waals surface area contributed by atoms with E-state index in [2.05, 4.69) is 42.0 Å². The number of nitrogens with zero attached hydrogens (tertiary/aromatic N) is 5. The van der Waals surface area contributed by atoms with Gasteiger partial charge in [-0.2, -0.15) is 5.10 Å². The molecule has 3 aromatic rings. The van der Waals surface area contributed by atoms with Crippen LogP contribution in [0.1, 0.15) is 42.7 Å². The van der Waals surface area contributed by atoms with Gasteiger partial charge in [-0.05, 0) is 30.5 Å². The van der Waals surface area contributed by atoms with Crippen molar-refractivity contribution in [2.45, 2.75) is 33.2 Å². The number of hydrogen-bond donors (Lipinski definition) is 0. The second-order valence-electron chi connectivity index (χ2n) is 7.16. The molecule has 0 N–H and O–H groups in total. The lowest BCUT2D eigenvalue weighted by Gasteiger charge is -2.34. The fourth-order valence-corrected chi connectivity index (χ4v) is 4.64. The molecule has 1 aliphatic heterocycles. The lowest BCUT2D eigenvalue weighted by atomic mass is 10.0. The zero-order valence-corrected chi connectivity index (χ0v) is 16.9. The van der Waals surface area contributed by atoms with Crippen molar-refractivity contribution >= 4 is 32.6 Å². The van der Waals surface area contributed by atoms with Gasteiger partial charge in [-0.15, -0.1) is 0 Å². The van der Waals surface area contributed by atoms with Crippen LogP contribution in [0, 0.1) is 0 Å². The van der Waals surface area contributed by atoms with E-state index in [4.69, 9.17) is 4.98 Å². The molecule has 0 spiro atoms. The molecule has 0 bridgehead atoms. The van der Waals surface area contributed by atoms with E-state index in [0.717, 1.165) is 23.7 Å². The molecule has 7 heteroatoms. The number of para-hydroxylation sites is 1. The highest BCUT2D eigenvalue weighted by Crippen LogP contribution is 2.33. The van der Waals surface area contributed by atoms with Gasteiger partial charge in [-0.3, -0.25) is 9.48 Å². The van der Waals surface area contributed by atoms with Crippen LogP contribution in [0.3, 0.4) is 0 Å². The van der Waals surface area contributed by atoms with Crippen LogP contribution in [-0.2, 0) is 6.54 Å². The van der Waals surface area contributed by atoms with E-state index in [0.29, 0.717) is 31.2 Å². The van der Waals surface area contributed by atoms with Gasteiger partial charge in [0.05, 0.1) is 10.2 Å². The molecule has 0 saturated carbocycles. The molecule has 0 atom stereocenters. The third-order valence-corrected chi connectivity index (χ3v) is 6.21. The molecule has 1 saturated heterocycles. The molecular weight excluding hydrogens is 358 g/mol. The third-order valence-electron chi connectivity index (χ3n) is 5.13. The largest absolute Gasteiger partial charge is 0.345 e. The fourth-order valence-electron chi connectivity index (χ4n) is 3.59. The predicted molar refractivity (Wildman–Crippen MR) is 110 cm³/mol. The Hall–Kier alpha value is -2.41. The van der Waals surface area contributed by atoms with Crippen molar-refractivity contribution in [2.75, 3.05) is 31.1 Å². The molecule has 0 unspecified atom stereocenters. The highest BCUT2D eigenvalue weighted by atomic mass is 32.1. The van der Waals surface area contributed by atoms with Crippen LogP contribution in [0.25, 0.3) is 10.2 Å². The summed E-state index contributed by atoms with van der Waals surface area (Å²) in [6.45, 7) is 10.2. The zero-order valence-electron chi connectivity index (χ0n) is 16.1. The van der Waals surface area contributed by atoms with Gasteiger partial charge < -0.3 is 9.80 Å². The van der Waals surface area contributed by atoms with Crippen molar-refractivity contribution in [3.63, 3.8) is 0 Å². The Morgan fingerprint density at radius 2 is 1.96 bits per heavy atom. The molecule has 6 nitrogen and oxygen atoms in total. The minimum Gasteiger partial charge on any atom is -0.345 e. The van der Waals surface area contributed by atoms with Crippen LogP contribution in [0.5, 0.6) is 0 Å². The Balaban J connectivity index is 1.49. The summed E-state index contributed by atoms with van der Waals surface area (Å²) in [7, 11) is 0. The molecule has 1 fully saturated rings. The molecule has 1 aromatic carbocycles. The first-order chi connectivity index (χ1) is 13.1. The number of piperazine rings is 1. The molecular formula is C20H25N5OS. The molecule has 27 heavy (non-hydrogen) atoms. The highest BCUT2D eigenvalue weighted by molar-refractivity contribution is 7.22. The van der Waals surface area contributed by atoms with Crippen LogP contribution >= 0.6 is 11.3 Å². The Morgan fingerprint density at radius 3 is 2.67 bits per heavy atom. The number of carbonyl (C=O) groups is 1. The van der Waals surface area contributed by atoms with Gasteiger partial charge in [-0.25, -0.2) is 4.98 Å². The molecule has 0 radical (unpaired) electrons. The van der Waals surface area contributed by atoms with E-state index in [-0.39, 0.29) is 5.91 Å². The molecule has 2 aromatic heterocycles. The first kappa shape index (κ1) is 18.0. The number of fused-ring (bicyclic) bond motifs is 1. The fraction of sp³-hybridized carbons (Fsp3) is 0.450. The quantitative estimate of drug-likeness (QED) is 0.691. The number of carbonyl (C=O) groups excluding carboxylic acids is 1. The Morgan fingerprint density at radius 1 is 1.19 bits per heavy atom. The van der Waals surface area contributed by atoms with E-state index in [1.807, 2.05) is 11.8 Å². The van der Waals surface area contributed by atoms with Crippen molar-refractivity contribution in [1.29, 1.82) is 0 Å². The summed E-state index contributed by atoms with van der Waals surface area (Å²) in [5.74, 6) is 0.530. The first-order valence-electron chi connectivity index (χ1n) is 9.54. The molecule has 1 aliphatic rings. The summed E-state index contributed by atoms with van der Waals surface area (Å²) in [4.78, 5) is 21.9. The van der Waals surface area contributed by atoms with Crippen molar-refractivity contribution in [1.82, 2.24) is 19.7 Å². The van der Waals surface area contributed by atoms with Crippen molar-refractivity contribution in [3.05, 3.63) is 41.7 Å². The number of anilines is 1. The first-order valence-corrected chi connectivity index (χ1v) is 10.4. The maximum absolute atomic E-state index is 12.8. The number of rotatable bonds is 4. The normalized spacial score (nSPS) is 15.1. The minimum absolute atomic E-state index is 0.0698. The highest BCUT2D eigenvalue weighted by Gasteiger charge is 2.26. The van der Waals surface area contributed by atoms with E-state index in [1.165, 1.54) is 10.3 Å². The van der Waals surface area contributed by atoms with Gasteiger partial charge in [0.1, 0.15) is 5.69 Å². The van der Waals surface area contributed by atoms with Gasteiger partial charge >= 0.3 is 0 Å². The summed E-state index contributed by atoms with van der Waals surface area (Å²) >= 11 is 1.75. The zero-order chi connectivity index (χ0) is 19.0. The lowest BCUT2D eigenvalue weighted by molar-refractivity contribution is 0.0734. The Labute approximate surface area is 163 Å². The van der Waals surface area contributed by atoms with Gasteiger partial charge in [0.15, 0.2) is 5.13 Å².